The fourth-order valence-electron chi connectivity index (χ4n) is 2.38. The molecule has 0 fully saturated rings. The number of aryl methyl sites for hydroxylation is 2. The lowest BCUT2D eigenvalue weighted by Crippen LogP contribution is -2.01. The molecule has 2 nitrogen and oxygen atoms in total. The Kier molecular flexibility index (Phi) is 3.28. The van der Waals surface area contributed by atoms with E-state index in [4.69, 9.17) is 16.0 Å². The van der Waals surface area contributed by atoms with Crippen molar-refractivity contribution in [2.75, 3.05) is 0 Å². The lowest BCUT2D eigenvalue weighted by atomic mass is 9.99. The Balaban J connectivity index is 2.07. The zero-order valence-electron chi connectivity index (χ0n) is 11.4. The van der Waals surface area contributed by atoms with E-state index >= 15 is 0 Å². The smallest absolute Gasteiger partial charge is 0.138 e. The average Bonchev–Trinajstić information content (AvgIpc) is 2.83. The summed E-state index contributed by atoms with van der Waals surface area (Å²) in [6, 6.07) is 13.3. The molecule has 0 radical (unpaired) electrons. The SMILES string of the molecule is Cc1ccc(C)c(C(O)c2cc3cc(Cl)ccc3o2)c1. The summed E-state index contributed by atoms with van der Waals surface area (Å²) in [5, 5.41) is 12.1. The number of benzene rings is 2. The van der Waals surface area contributed by atoms with Crippen LogP contribution in [-0.2, 0) is 0 Å². The molecule has 3 heteroatoms. The van der Waals surface area contributed by atoms with Crippen LogP contribution in [0.25, 0.3) is 11.0 Å². The summed E-state index contributed by atoms with van der Waals surface area (Å²) in [4.78, 5) is 0. The molecule has 102 valence electrons. The Hall–Kier alpha value is -1.77. The van der Waals surface area contributed by atoms with Crippen LogP contribution in [0, 0.1) is 13.8 Å². The van der Waals surface area contributed by atoms with Crippen molar-refractivity contribution in [2.24, 2.45) is 0 Å². The lowest BCUT2D eigenvalue weighted by Gasteiger charge is -2.12. The normalized spacial score (nSPS) is 12.8. The van der Waals surface area contributed by atoms with Crippen molar-refractivity contribution >= 4 is 22.6 Å². The highest BCUT2D eigenvalue weighted by molar-refractivity contribution is 6.31. The maximum Gasteiger partial charge on any atom is 0.138 e. The van der Waals surface area contributed by atoms with Gasteiger partial charge in [0.2, 0.25) is 0 Å². The fourth-order valence-corrected chi connectivity index (χ4v) is 2.56. The van der Waals surface area contributed by atoms with Crippen molar-refractivity contribution in [1.29, 1.82) is 0 Å². The number of halogens is 1. The maximum atomic E-state index is 10.5. The molecule has 2 aromatic carbocycles. The third-order valence-corrected chi connectivity index (χ3v) is 3.73. The highest BCUT2D eigenvalue weighted by atomic mass is 35.5. The van der Waals surface area contributed by atoms with Crippen molar-refractivity contribution in [3.63, 3.8) is 0 Å². The summed E-state index contributed by atoms with van der Waals surface area (Å²) in [7, 11) is 0. The van der Waals surface area contributed by atoms with Gasteiger partial charge in [-0.1, -0.05) is 35.4 Å². The topological polar surface area (TPSA) is 33.4 Å². The van der Waals surface area contributed by atoms with Crippen LogP contribution in [0.1, 0.15) is 28.6 Å². The summed E-state index contributed by atoms with van der Waals surface area (Å²) >= 11 is 5.97. The van der Waals surface area contributed by atoms with Gasteiger partial charge in [-0.15, -0.1) is 0 Å². The van der Waals surface area contributed by atoms with Gasteiger partial charge in [0.05, 0.1) is 0 Å². The van der Waals surface area contributed by atoms with Crippen LogP contribution in [0.15, 0.2) is 46.9 Å². The van der Waals surface area contributed by atoms with Crippen LogP contribution >= 0.6 is 11.6 Å². The van der Waals surface area contributed by atoms with Gasteiger partial charge in [-0.05, 0) is 49.2 Å². The zero-order chi connectivity index (χ0) is 14.3. The second-order valence-electron chi connectivity index (χ2n) is 5.09. The minimum absolute atomic E-state index is 0.538. The first-order valence-corrected chi connectivity index (χ1v) is 6.86. The van der Waals surface area contributed by atoms with Gasteiger partial charge in [-0.2, -0.15) is 0 Å². The zero-order valence-corrected chi connectivity index (χ0v) is 12.1. The summed E-state index contributed by atoms with van der Waals surface area (Å²) in [6.45, 7) is 3.99. The molecule has 20 heavy (non-hydrogen) atoms. The molecule has 0 bridgehead atoms. The third-order valence-electron chi connectivity index (χ3n) is 3.50. The number of aliphatic hydroxyl groups is 1. The predicted molar refractivity (Wildman–Crippen MR) is 81.2 cm³/mol. The Morgan fingerprint density at radius 2 is 1.85 bits per heavy atom. The minimum Gasteiger partial charge on any atom is -0.458 e. The third kappa shape index (κ3) is 2.33. The minimum atomic E-state index is -0.763. The Morgan fingerprint density at radius 3 is 2.65 bits per heavy atom. The van der Waals surface area contributed by atoms with E-state index in [1.165, 1.54) is 0 Å². The van der Waals surface area contributed by atoms with E-state index in [1.807, 2.05) is 50.2 Å². The van der Waals surface area contributed by atoms with Crippen molar-refractivity contribution in [3.8, 4) is 0 Å². The molecular formula is C17H15ClO2. The Morgan fingerprint density at radius 1 is 1.05 bits per heavy atom. The standard InChI is InChI=1S/C17H15ClO2/c1-10-3-4-11(2)14(7-10)17(19)16-9-12-8-13(18)5-6-15(12)20-16/h3-9,17,19H,1-2H3. The first kappa shape index (κ1) is 13.2. The Labute approximate surface area is 122 Å². The predicted octanol–water partition coefficient (Wildman–Crippen LogP) is 4.78. The maximum absolute atomic E-state index is 10.5. The number of hydrogen-bond donors (Lipinski definition) is 1. The van der Waals surface area contributed by atoms with E-state index in [1.54, 1.807) is 6.07 Å². The van der Waals surface area contributed by atoms with Gasteiger partial charge in [0.15, 0.2) is 0 Å². The molecule has 0 amide bonds. The molecule has 1 unspecified atom stereocenters. The molecule has 3 rings (SSSR count). The first-order valence-electron chi connectivity index (χ1n) is 6.49. The molecule has 0 saturated heterocycles. The summed E-state index contributed by atoms with van der Waals surface area (Å²) in [5.74, 6) is 0.538. The number of rotatable bonds is 2. The van der Waals surface area contributed by atoms with E-state index in [2.05, 4.69) is 0 Å². The second-order valence-corrected chi connectivity index (χ2v) is 5.53. The van der Waals surface area contributed by atoms with E-state index in [-0.39, 0.29) is 0 Å². The average molecular weight is 287 g/mol. The number of aliphatic hydroxyl groups excluding tert-OH is 1. The summed E-state index contributed by atoms with van der Waals surface area (Å²) in [6.07, 6.45) is -0.763. The van der Waals surface area contributed by atoms with Gasteiger partial charge in [-0.25, -0.2) is 0 Å². The number of hydrogen-bond acceptors (Lipinski definition) is 2. The van der Waals surface area contributed by atoms with Crippen LogP contribution in [0.3, 0.4) is 0 Å². The van der Waals surface area contributed by atoms with Gasteiger partial charge < -0.3 is 9.52 Å². The van der Waals surface area contributed by atoms with Crippen LogP contribution in [-0.4, -0.2) is 5.11 Å². The summed E-state index contributed by atoms with van der Waals surface area (Å²) < 4.78 is 5.73. The van der Waals surface area contributed by atoms with Crippen molar-refractivity contribution < 1.29 is 9.52 Å². The fraction of sp³-hybridized carbons (Fsp3) is 0.176. The van der Waals surface area contributed by atoms with Crippen molar-refractivity contribution in [2.45, 2.75) is 20.0 Å². The van der Waals surface area contributed by atoms with Crippen molar-refractivity contribution in [1.82, 2.24) is 0 Å². The molecule has 3 aromatic rings. The number of fused-ring (bicyclic) bond motifs is 1. The highest BCUT2D eigenvalue weighted by Crippen LogP contribution is 2.31. The van der Waals surface area contributed by atoms with Gasteiger partial charge in [0.1, 0.15) is 17.4 Å². The molecular weight excluding hydrogens is 272 g/mol. The van der Waals surface area contributed by atoms with E-state index in [9.17, 15) is 5.11 Å². The molecule has 0 saturated carbocycles. The second kappa shape index (κ2) is 4.97. The highest BCUT2D eigenvalue weighted by Gasteiger charge is 2.17. The molecule has 1 N–H and O–H groups in total. The molecule has 1 heterocycles. The quantitative estimate of drug-likeness (QED) is 0.735. The molecule has 1 aromatic heterocycles. The van der Waals surface area contributed by atoms with Gasteiger partial charge in [0, 0.05) is 10.4 Å². The van der Waals surface area contributed by atoms with E-state index in [0.29, 0.717) is 10.8 Å². The van der Waals surface area contributed by atoms with E-state index < -0.39 is 6.10 Å². The van der Waals surface area contributed by atoms with E-state index in [0.717, 1.165) is 27.7 Å². The summed E-state index contributed by atoms with van der Waals surface area (Å²) in [5.41, 5.74) is 3.76. The monoisotopic (exact) mass is 286 g/mol. The molecule has 0 aliphatic carbocycles. The van der Waals surface area contributed by atoms with Gasteiger partial charge in [0.25, 0.3) is 0 Å². The first-order chi connectivity index (χ1) is 9.54. The lowest BCUT2D eigenvalue weighted by molar-refractivity contribution is 0.191. The molecule has 0 spiro atoms. The molecule has 0 aliphatic heterocycles. The van der Waals surface area contributed by atoms with Crippen molar-refractivity contribution in [3.05, 3.63) is 69.9 Å². The van der Waals surface area contributed by atoms with Crippen LogP contribution in [0.2, 0.25) is 5.02 Å². The van der Waals surface area contributed by atoms with Gasteiger partial charge >= 0.3 is 0 Å². The largest absolute Gasteiger partial charge is 0.458 e. The van der Waals surface area contributed by atoms with Crippen LogP contribution < -0.4 is 0 Å². The van der Waals surface area contributed by atoms with Gasteiger partial charge in [-0.3, -0.25) is 0 Å². The number of furan rings is 1. The Bertz CT molecular complexity index is 774. The van der Waals surface area contributed by atoms with Crippen LogP contribution in [0.4, 0.5) is 0 Å². The molecule has 0 aliphatic rings. The molecule has 1 atom stereocenters. The van der Waals surface area contributed by atoms with Crippen LogP contribution in [0.5, 0.6) is 0 Å².